The Kier molecular flexibility index (Phi) is 5.13. The van der Waals surface area contributed by atoms with Crippen LogP contribution in [0.2, 0.25) is 0 Å². The second-order valence-electron chi connectivity index (χ2n) is 2.77. The Labute approximate surface area is 102 Å². The highest BCUT2D eigenvalue weighted by Crippen LogP contribution is 2.15. The van der Waals surface area contributed by atoms with Gasteiger partial charge in [-0.05, 0) is 0 Å². The topological polar surface area (TPSA) is 84.1 Å². The number of aromatic amines is 1. The number of hydrogen-bond acceptors (Lipinski definition) is 5. The van der Waals surface area contributed by atoms with E-state index in [-0.39, 0.29) is 17.7 Å². The monoisotopic (exact) mass is 263 g/mol. The van der Waals surface area contributed by atoms with Gasteiger partial charge in [-0.25, -0.2) is 9.78 Å². The summed E-state index contributed by atoms with van der Waals surface area (Å²) in [5.41, 5.74) is 0. The minimum absolute atomic E-state index is 0.00196. The van der Waals surface area contributed by atoms with Crippen molar-refractivity contribution in [2.45, 2.75) is 5.25 Å². The van der Waals surface area contributed by atoms with E-state index in [0.717, 1.165) is 0 Å². The zero-order valence-electron chi connectivity index (χ0n) is 8.14. The molecule has 0 aliphatic rings. The lowest BCUT2D eigenvalue weighted by atomic mass is 10.4. The number of H-pyrrole nitrogens is 1. The highest BCUT2D eigenvalue weighted by atomic mass is 35.5. The normalized spacial score (nSPS) is 11.9. The van der Waals surface area contributed by atoms with Gasteiger partial charge in [-0.2, -0.15) is 12.6 Å². The summed E-state index contributed by atoms with van der Waals surface area (Å²) in [6.45, 7) is -0.00196. The van der Waals surface area contributed by atoms with Gasteiger partial charge in [0.1, 0.15) is 18.3 Å². The summed E-state index contributed by atoms with van der Waals surface area (Å²) in [5, 5.41) is 1.56. The number of nitrogens with one attached hydrogen (secondary N) is 2. The molecule has 0 saturated carbocycles. The first-order valence-electron chi connectivity index (χ1n) is 4.33. The number of imide groups is 1. The van der Waals surface area contributed by atoms with Crippen LogP contribution in [0.25, 0.3) is 0 Å². The van der Waals surface area contributed by atoms with Gasteiger partial charge in [0.25, 0.3) is 0 Å². The molecule has 1 unspecified atom stereocenters. The Hall–Kier alpha value is -1.21. The van der Waals surface area contributed by atoms with Gasteiger partial charge in [-0.1, -0.05) is 0 Å². The first-order chi connectivity index (χ1) is 7.63. The van der Waals surface area contributed by atoms with Crippen LogP contribution in [0.1, 0.15) is 11.1 Å². The number of alkyl carbamates (subject to hydrolysis) is 1. The molecule has 0 aliphatic carbocycles. The SMILES string of the molecule is O=C(CCl)NC(=O)OCC(S)c1ncc[nH]1. The first-order valence-corrected chi connectivity index (χ1v) is 5.38. The van der Waals surface area contributed by atoms with Crippen LogP contribution in [0.4, 0.5) is 4.79 Å². The number of rotatable bonds is 4. The van der Waals surface area contributed by atoms with Crippen molar-refractivity contribution in [3.05, 3.63) is 18.2 Å². The summed E-state index contributed by atoms with van der Waals surface area (Å²) < 4.78 is 4.73. The highest BCUT2D eigenvalue weighted by Gasteiger charge is 2.13. The zero-order valence-corrected chi connectivity index (χ0v) is 9.79. The predicted octanol–water partition coefficient (Wildman–Crippen LogP) is 0.872. The molecule has 1 aromatic rings. The molecular weight excluding hydrogens is 254 g/mol. The second kappa shape index (κ2) is 6.39. The molecule has 0 aromatic carbocycles. The van der Waals surface area contributed by atoms with E-state index in [1.165, 1.54) is 0 Å². The van der Waals surface area contributed by atoms with Crippen LogP contribution >= 0.6 is 24.2 Å². The maximum absolute atomic E-state index is 11.0. The first kappa shape index (κ1) is 12.9. The Balaban J connectivity index is 2.29. The van der Waals surface area contributed by atoms with Crippen molar-refractivity contribution in [1.82, 2.24) is 15.3 Å². The fraction of sp³-hybridized carbons (Fsp3) is 0.375. The molecule has 8 heteroatoms. The lowest BCUT2D eigenvalue weighted by Gasteiger charge is -2.08. The third-order valence-corrected chi connectivity index (χ3v) is 2.21. The third kappa shape index (κ3) is 4.11. The molecule has 6 nitrogen and oxygen atoms in total. The minimum Gasteiger partial charge on any atom is -0.448 e. The molecular formula is C8H10ClN3O3S. The van der Waals surface area contributed by atoms with Crippen LogP contribution in [-0.2, 0) is 9.53 Å². The van der Waals surface area contributed by atoms with Crippen molar-refractivity contribution >= 4 is 36.2 Å². The van der Waals surface area contributed by atoms with Crippen molar-refractivity contribution in [3.63, 3.8) is 0 Å². The van der Waals surface area contributed by atoms with Gasteiger partial charge in [0.05, 0.1) is 5.25 Å². The molecule has 0 fully saturated rings. The smallest absolute Gasteiger partial charge is 0.413 e. The number of thiol groups is 1. The molecule has 1 aromatic heterocycles. The molecule has 2 amide bonds. The van der Waals surface area contributed by atoms with Gasteiger partial charge in [0.2, 0.25) is 5.91 Å². The average Bonchev–Trinajstić information content (AvgIpc) is 2.79. The lowest BCUT2D eigenvalue weighted by Crippen LogP contribution is -2.32. The summed E-state index contributed by atoms with van der Waals surface area (Å²) in [6, 6.07) is 0. The fourth-order valence-corrected chi connectivity index (χ4v) is 1.16. The molecule has 1 rings (SSSR count). The standard InChI is InChI=1S/C8H10ClN3O3S/c9-3-6(13)12-8(14)15-4-5(16)7-10-1-2-11-7/h1-2,5,16H,3-4H2,(H,10,11)(H,12,13,14). The maximum Gasteiger partial charge on any atom is 0.413 e. The molecule has 0 saturated heterocycles. The Morgan fingerprint density at radius 3 is 3.00 bits per heavy atom. The number of aromatic nitrogens is 2. The largest absolute Gasteiger partial charge is 0.448 e. The van der Waals surface area contributed by atoms with E-state index in [1.54, 1.807) is 12.4 Å². The number of ether oxygens (including phenoxy) is 1. The fourth-order valence-electron chi connectivity index (χ4n) is 0.877. The summed E-state index contributed by atoms with van der Waals surface area (Å²) in [5.74, 6) is -0.322. The van der Waals surface area contributed by atoms with Crippen LogP contribution in [0.15, 0.2) is 12.4 Å². The number of alkyl halides is 1. The Morgan fingerprint density at radius 1 is 1.69 bits per heavy atom. The van der Waals surface area contributed by atoms with E-state index in [9.17, 15) is 9.59 Å². The van der Waals surface area contributed by atoms with Gasteiger partial charge >= 0.3 is 6.09 Å². The van der Waals surface area contributed by atoms with Crippen LogP contribution in [0.5, 0.6) is 0 Å². The number of amides is 2. The summed E-state index contributed by atoms with van der Waals surface area (Å²) in [6.07, 6.45) is 2.35. The number of carbonyl (C=O) groups is 2. The van der Waals surface area contributed by atoms with E-state index in [4.69, 9.17) is 16.3 Å². The van der Waals surface area contributed by atoms with Crippen molar-refractivity contribution < 1.29 is 14.3 Å². The maximum atomic E-state index is 11.0. The van der Waals surface area contributed by atoms with Crippen LogP contribution in [0.3, 0.4) is 0 Å². The van der Waals surface area contributed by atoms with Crippen LogP contribution in [-0.4, -0.2) is 34.5 Å². The van der Waals surface area contributed by atoms with Gasteiger partial charge in [0.15, 0.2) is 0 Å². The number of hydrogen-bond donors (Lipinski definition) is 3. The molecule has 88 valence electrons. The minimum atomic E-state index is -0.851. The van der Waals surface area contributed by atoms with Gasteiger partial charge in [-0.15, -0.1) is 11.6 Å². The van der Waals surface area contributed by atoms with Crippen molar-refractivity contribution in [2.75, 3.05) is 12.5 Å². The van der Waals surface area contributed by atoms with E-state index in [0.29, 0.717) is 5.82 Å². The lowest BCUT2D eigenvalue weighted by molar-refractivity contribution is -0.118. The molecule has 0 bridgehead atoms. The van der Waals surface area contributed by atoms with E-state index >= 15 is 0 Å². The van der Waals surface area contributed by atoms with E-state index in [2.05, 4.69) is 22.6 Å². The molecule has 0 aliphatic heterocycles. The molecule has 2 N–H and O–H groups in total. The zero-order chi connectivity index (χ0) is 12.0. The quantitative estimate of drug-likeness (QED) is 0.556. The van der Waals surface area contributed by atoms with Gasteiger partial charge in [-0.3, -0.25) is 10.1 Å². The summed E-state index contributed by atoms with van der Waals surface area (Å²) >= 11 is 9.35. The van der Waals surface area contributed by atoms with Crippen LogP contribution < -0.4 is 5.32 Å². The molecule has 0 radical (unpaired) electrons. The number of nitrogens with zero attached hydrogens (tertiary/aromatic N) is 1. The summed E-state index contributed by atoms with van der Waals surface area (Å²) in [7, 11) is 0. The molecule has 1 atom stereocenters. The van der Waals surface area contributed by atoms with Gasteiger partial charge in [0, 0.05) is 12.4 Å². The molecule has 0 spiro atoms. The number of carbonyl (C=O) groups excluding carboxylic acids is 2. The van der Waals surface area contributed by atoms with Crippen molar-refractivity contribution in [2.24, 2.45) is 0 Å². The van der Waals surface area contributed by atoms with E-state index in [1.807, 2.05) is 5.32 Å². The Morgan fingerprint density at radius 2 is 2.44 bits per heavy atom. The third-order valence-electron chi connectivity index (χ3n) is 1.57. The van der Waals surface area contributed by atoms with Crippen molar-refractivity contribution in [3.8, 4) is 0 Å². The van der Waals surface area contributed by atoms with E-state index < -0.39 is 12.0 Å². The second-order valence-corrected chi connectivity index (χ2v) is 3.66. The number of halogens is 1. The average molecular weight is 264 g/mol. The number of imidazole rings is 1. The predicted molar refractivity (Wildman–Crippen MR) is 60.5 cm³/mol. The van der Waals surface area contributed by atoms with Gasteiger partial charge < -0.3 is 9.72 Å². The van der Waals surface area contributed by atoms with Crippen molar-refractivity contribution in [1.29, 1.82) is 0 Å². The van der Waals surface area contributed by atoms with Crippen LogP contribution in [0, 0.1) is 0 Å². The highest BCUT2D eigenvalue weighted by molar-refractivity contribution is 7.80. The molecule has 1 heterocycles. The Bertz CT molecular complexity index is 357. The molecule has 16 heavy (non-hydrogen) atoms. The summed E-state index contributed by atoms with van der Waals surface area (Å²) in [4.78, 5) is 28.5.